The van der Waals surface area contributed by atoms with E-state index in [-0.39, 0.29) is 5.92 Å². The minimum absolute atomic E-state index is 0.197. The molecule has 0 saturated carbocycles. The number of carboxylic acids is 1. The van der Waals surface area contributed by atoms with Crippen LogP contribution in [-0.2, 0) is 25.6 Å². The van der Waals surface area contributed by atoms with Crippen molar-refractivity contribution in [1.82, 2.24) is 15.5 Å². The summed E-state index contributed by atoms with van der Waals surface area (Å²) >= 11 is 1.53. The Bertz CT molecular complexity index is 869. The monoisotopic (exact) mass is 506 g/mol. The van der Waals surface area contributed by atoms with Crippen LogP contribution in [-0.4, -0.2) is 76.4 Å². The zero-order valence-corrected chi connectivity index (χ0v) is 21.6. The zero-order valence-electron chi connectivity index (χ0n) is 20.7. The van der Waals surface area contributed by atoms with Crippen molar-refractivity contribution in [3.63, 3.8) is 0 Å². The Labute approximate surface area is 211 Å². The highest BCUT2D eigenvalue weighted by Gasteiger charge is 2.38. The van der Waals surface area contributed by atoms with E-state index in [4.69, 9.17) is 5.73 Å². The van der Waals surface area contributed by atoms with Crippen molar-refractivity contribution < 1.29 is 24.3 Å². The average molecular weight is 507 g/mol. The summed E-state index contributed by atoms with van der Waals surface area (Å²) in [6.07, 6.45) is 4.23. The molecule has 10 heteroatoms. The third-order valence-electron chi connectivity index (χ3n) is 6.47. The molecular weight excluding hydrogens is 468 g/mol. The number of nitrogens with zero attached hydrogens (tertiary/aromatic N) is 1. The molecule has 3 amide bonds. The first-order valence-corrected chi connectivity index (χ1v) is 13.5. The Morgan fingerprint density at radius 3 is 2.46 bits per heavy atom. The molecule has 0 radical (unpaired) electrons. The summed E-state index contributed by atoms with van der Waals surface area (Å²) in [6, 6.07) is 5.96. The molecule has 0 bridgehead atoms. The minimum atomic E-state index is -1.04. The van der Waals surface area contributed by atoms with Crippen LogP contribution >= 0.6 is 11.8 Å². The van der Waals surface area contributed by atoms with Gasteiger partial charge in [0.15, 0.2) is 0 Å². The highest BCUT2D eigenvalue weighted by molar-refractivity contribution is 7.98. The van der Waals surface area contributed by atoms with Gasteiger partial charge in [-0.15, -0.1) is 0 Å². The first kappa shape index (κ1) is 28.6. The van der Waals surface area contributed by atoms with Crippen molar-refractivity contribution in [3.8, 4) is 0 Å². The van der Waals surface area contributed by atoms with E-state index >= 15 is 0 Å². The normalized spacial score (nSPS) is 18.9. The maximum atomic E-state index is 13.3. The van der Waals surface area contributed by atoms with Crippen molar-refractivity contribution in [3.05, 3.63) is 35.9 Å². The molecule has 0 aliphatic carbocycles. The molecule has 1 fully saturated rings. The Kier molecular flexibility index (Phi) is 11.5. The van der Waals surface area contributed by atoms with Crippen LogP contribution in [0.2, 0.25) is 0 Å². The number of hydrogen-bond acceptors (Lipinski definition) is 6. The number of carbonyl (C=O) groups excluding carboxylic acids is 3. The number of benzene rings is 1. The molecule has 0 spiro atoms. The van der Waals surface area contributed by atoms with E-state index < -0.39 is 47.9 Å². The van der Waals surface area contributed by atoms with E-state index in [9.17, 15) is 24.3 Å². The first-order chi connectivity index (χ1) is 16.7. The molecule has 194 valence electrons. The van der Waals surface area contributed by atoms with Gasteiger partial charge in [-0.1, -0.05) is 50.6 Å². The van der Waals surface area contributed by atoms with E-state index in [1.807, 2.05) is 50.4 Å². The Balaban J connectivity index is 2.12. The average Bonchev–Trinajstić information content (AvgIpc) is 3.35. The lowest BCUT2D eigenvalue weighted by atomic mass is 9.96. The summed E-state index contributed by atoms with van der Waals surface area (Å²) in [4.78, 5) is 52.3. The second-order valence-corrected chi connectivity index (χ2v) is 10.0. The third kappa shape index (κ3) is 8.24. The molecule has 1 aliphatic rings. The van der Waals surface area contributed by atoms with E-state index in [1.165, 1.54) is 16.7 Å². The number of nitrogens with one attached hydrogen (secondary N) is 2. The summed E-state index contributed by atoms with van der Waals surface area (Å²) in [7, 11) is 0. The fourth-order valence-corrected chi connectivity index (χ4v) is 4.64. The van der Waals surface area contributed by atoms with Gasteiger partial charge in [0.1, 0.15) is 18.1 Å². The van der Waals surface area contributed by atoms with E-state index in [1.54, 1.807) is 0 Å². The summed E-state index contributed by atoms with van der Waals surface area (Å²) in [5, 5.41) is 15.1. The van der Waals surface area contributed by atoms with Gasteiger partial charge in [-0.25, -0.2) is 4.79 Å². The van der Waals surface area contributed by atoms with Gasteiger partial charge in [0, 0.05) is 6.54 Å². The summed E-state index contributed by atoms with van der Waals surface area (Å²) in [5.74, 6) is -1.92. The number of amides is 3. The van der Waals surface area contributed by atoms with Crippen LogP contribution in [0.25, 0.3) is 0 Å². The van der Waals surface area contributed by atoms with Gasteiger partial charge >= 0.3 is 5.97 Å². The quantitative estimate of drug-likeness (QED) is 0.317. The zero-order chi connectivity index (χ0) is 26.0. The molecule has 1 aliphatic heterocycles. The number of carbonyl (C=O) groups is 4. The summed E-state index contributed by atoms with van der Waals surface area (Å²) in [6.45, 7) is 4.12. The third-order valence-corrected chi connectivity index (χ3v) is 7.12. The van der Waals surface area contributed by atoms with Crippen LogP contribution in [0.5, 0.6) is 0 Å². The van der Waals surface area contributed by atoms with E-state index in [2.05, 4.69) is 10.6 Å². The number of carboxylic acid groups (broad SMARTS) is 1. The van der Waals surface area contributed by atoms with E-state index in [0.29, 0.717) is 44.4 Å². The van der Waals surface area contributed by atoms with Gasteiger partial charge in [0.25, 0.3) is 0 Å². The lowest BCUT2D eigenvalue weighted by molar-refractivity contribution is -0.149. The molecule has 1 saturated heterocycles. The van der Waals surface area contributed by atoms with Crippen LogP contribution in [0, 0.1) is 5.92 Å². The Hall–Kier alpha value is -2.59. The smallest absolute Gasteiger partial charge is 0.326 e. The number of nitrogens with two attached hydrogens (primary N) is 1. The molecule has 2 rings (SSSR count). The molecule has 1 heterocycles. The summed E-state index contributed by atoms with van der Waals surface area (Å²) < 4.78 is 0. The van der Waals surface area contributed by atoms with Gasteiger partial charge in [-0.05, 0) is 49.2 Å². The molecule has 1 aromatic carbocycles. The predicted molar refractivity (Wildman–Crippen MR) is 137 cm³/mol. The first-order valence-electron chi connectivity index (χ1n) is 12.1. The number of aliphatic carboxylic acids is 1. The predicted octanol–water partition coefficient (Wildman–Crippen LogP) is 1.40. The molecular formula is C25H38N4O5S. The molecule has 1 aromatic rings. The van der Waals surface area contributed by atoms with Gasteiger partial charge in [0.2, 0.25) is 17.7 Å². The lowest BCUT2D eigenvalue weighted by Gasteiger charge is -2.30. The van der Waals surface area contributed by atoms with Gasteiger partial charge in [-0.3, -0.25) is 14.4 Å². The maximum Gasteiger partial charge on any atom is 0.326 e. The van der Waals surface area contributed by atoms with Crippen LogP contribution in [0.4, 0.5) is 0 Å². The van der Waals surface area contributed by atoms with Gasteiger partial charge in [0.05, 0.1) is 6.04 Å². The highest BCUT2D eigenvalue weighted by atomic mass is 32.2. The number of rotatable bonds is 13. The van der Waals surface area contributed by atoms with Crippen molar-refractivity contribution >= 4 is 35.5 Å². The van der Waals surface area contributed by atoms with Crippen molar-refractivity contribution in [1.29, 1.82) is 0 Å². The Morgan fingerprint density at radius 2 is 1.86 bits per heavy atom. The fourth-order valence-electron chi connectivity index (χ4n) is 4.16. The minimum Gasteiger partial charge on any atom is -0.480 e. The maximum absolute atomic E-state index is 13.3. The Morgan fingerprint density at radius 1 is 1.17 bits per heavy atom. The largest absolute Gasteiger partial charge is 0.480 e. The van der Waals surface area contributed by atoms with Crippen LogP contribution < -0.4 is 16.4 Å². The lowest BCUT2D eigenvalue weighted by Crippen LogP contribution is -2.59. The van der Waals surface area contributed by atoms with Gasteiger partial charge < -0.3 is 26.4 Å². The number of likely N-dealkylation sites (tertiary alicyclic amines) is 1. The van der Waals surface area contributed by atoms with Crippen LogP contribution in [0.15, 0.2) is 30.3 Å². The van der Waals surface area contributed by atoms with Crippen molar-refractivity contribution in [2.75, 3.05) is 18.6 Å². The molecule has 5 atom stereocenters. The molecule has 35 heavy (non-hydrogen) atoms. The molecule has 0 aromatic heterocycles. The molecule has 9 nitrogen and oxygen atoms in total. The summed E-state index contributed by atoms with van der Waals surface area (Å²) in [5.41, 5.74) is 7.04. The highest BCUT2D eigenvalue weighted by Crippen LogP contribution is 2.20. The second kappa shape index (κ2) is 14.1. The standard InChI is InChI=1S/C25H38N4O5S/c1-4-16(2)21(28-22(30)18(26)15-17-9-6-5-7-10-17)23(31)27-19(12-14-35-3)24(32)29-13-8-11-20(29)25(33)34/h5-7,9-10,16,18-21H,4,8,11-15,26H2,1-3H3,(H,27,31)(H,28,30)(H,33,34). The number of thioether (sulfide) groups is 1. The second-order valence-electron chi connectivity index (χ2n) is 9.04. The van der Waals surface area contributed by atoms with Gasteiger partial charge in [-0.2, -0.15) is 11.8 Å². The molecule has 5 N–H and O–H groups in total. The topological polar surface area (TPSA) is 142 Å². The SMILES string of the molecule is CCC(C)C(NC(=O)C(N)Cc1ccccc1)C(=O)NC(CCSC)C(=O)N1CCCC1C(=O)O. The fraction of sp³-hybridized carbons (Fsp3) is 0.600. The van der Waals surface area contributed by atoms with Crippen molar-refractivity contribution in [2.45, 2.75) is 70.1 Å². The molecule has 5 unspecified atom stereocenters. The van der Waals surface area contributed by atoms with Crippen molar-refractivity contribution in [2.24, 2.45) is 11.7 Å². The van der Waals surface area contributed by atoms with Crippen LogP contribution in [0.3, 0.4) is 0 Å². The van der Waals surface area contributed by atoms with Crippen LogP contribution in [0.1, 0.15) is 45.1 Å². The number of hydrogen-bond donors (Lipinski definition) is 4. The van der Waals surface area contributed by atoms with E-state index in [0.717, 1.165) is 5.56 Å².